The highest BCUT2D eigenvalue weighted by Crippen LogP contribution is 2.35. The summed E-state index contributed by atoms with van der Waals surface area (Å²) in [5, 5.41) is 2.21. The van der Waals surface area contributed by atoms with Crippen molar-refractivity contribution in [3.05, 3.63) is 58.1 Å². The molecule has 30 heavy (non-hydrogen) atoms. The molecule has 2 aromatic carbocycles. The minimum atomic E-state index is -0.786. The minimum Gasteiger partial charge on any atom is -0.490 e. The first-order chi connectivity index (χ1) is 14.5. The number of ether oxygens (including phenoxy) is 2. The van der Waals surface area contributed by atoms with E-state index >= 15 is 0 Å². The van der Waals surface area contributed by atoms with E-state index in [2.05, 4.69) is 21.2 Å². The number of hydrogen-bond donors (Lipinski definition) is 1. The summed E-state index contributed by atoms with van der Waals surface area (Å²) in [5.74, 6) is -0.395. The Balaban J connectivity index is 2.01. The van der Waals surface area contributed by atoms with Gasteiger partial charge in [0.15, 0.2) is 11.5 Å². The molecular formula is C22H21BrN2O5. The Morgan fingerprint density at radius 3 is 2.40 bits per heavy atom. The number of halogens is 1. The van der Waals surface area contributed by atoms with E-state index in [0.717, 1.165) is 11.3 Å². The number of rotatable bonds is 7. The molecule has 1 heterocycles. The predicted molar refractivity (Wildman–Crippen MR) is 117 cm³/mol. The molecule has 1 saturated heterocycles. The fourth-order valence-electron chi connectivity index (χ4n) is 2.88. The molecule has 0 atom stereocenters. The Morgan fingerprint density at radius 2 is 1.73 bits per heavy atom. The number of carbonyl (C=O) groups is 3. The highest BCUT2D eigenvalue weighted by molar-refractivity contribution is 9.10. The molecule has 0 bridgehead atoms. The molecule has 156 valence electrons. The molecular weight excluding hydrogens is 452 g/mol. The number of nitrogens with one attached hydrogen (secondary N) is 1. The highest BCUT2D eigenvalue weighted by Gasteiger charge is 2.36. The third-order valence-corrected chi connectivity index (χ3v) is 4.93. The molecule has 3 rings (SSSR count). The summed E-state index contributed by atoms with van der Waals surface area (Å²) in [5.41, 5.74) is 0.753. The van der Waals surface area contributed by atoms with Crippen LogP contribution in [0.4, 0.5) is 10.5 Å². The van der Waals surface area contributed by atoms with Crippen molar-refractivity contribution in [1.29, 1.82) is 0 Å². The second-order valence-corrected chi connectivity index (χ2v) is 7.25. The standard InChI is InChI=1S/C22H21BrN2O5/c1-3-10-30-19-13-17(23)14(12-18(19)29-4-2)11-16-20(26)24-22(28)25(21(16)27)15-8-6-5-7-9-15/h5-9,11-13H,3-4,10H2,1-2H3,(H,24,26,28). The molecule has 0 unspecified atom stereocenters. The number of anilines is 1. The van der Waals surface area contributed by atoms with Crippen LogP contribution in [0.3, 0.4) is 0 Å². The summed E-state index contributed by atoms with van der Waals surface area (Å²) in [7, 11) is 0. The smallest absolute Gasteiger partial charge is 0.335 e. The van der Waals surface area contributed by atoms with Crippen molar-refractivity contribution < 1.29 is 23.9 Å². The van der Waals surface area contributed by atoms with Crippen LogP contribution in [0.1, 0.15) is 25.8 Å². The Hall–Kier alpha value is -3.13. The van der Waals surface area contributed by atoms with Gasteiger partial charge < -0.3 is 9.47 Å². The van der Waals surface area contributed by atoms with Gasteiger partial charge in [0.25, 0.3) is 11.8 Å². The van der Waals surface area contributed by atoms with E-state index in [-0.39, 0.29) is 5.57 Å². The van der Waals surface area contributed by atoms with Crippen molar-refractivity contribution >= 4 is 45.5 Å². The summed E-state index contributed by atoms with van der Waals surface area (Å²) >= 11 is 3.46. The largest absolute Gasteiger partial charge is 0.490 e. The highest BCUT2D eigenvalue weighted by atomic mass is 79.9. The number of hydrogen-bond acceptors (Lipinski definition) is 5. The number of urea groups is 1. The lowest BCUT2D eigenvalue weighted by molar-refractivity contribution is -0.122. The quantitative estimate of drug-likeness (QED) is 0.479. The monoisotopic (exact) mass is 472 g/mol. The lowest BCUT2D eigenvalue weighted by atomic mass is 10.1. The zero-order chi connectivity index (χ0) is 21.7. The van der Waals surface area contributed by atoms with Gasteiger partial charge in [0.05, 0.1) is 18.9 Å². The number of nitrogens with zero attached hydrogens (tertiary/aromatic N) is 1. The molecule has 0 aliphatic carbocycles. The van der Waals surface area contributed by atoms with Crippen LogP contribution in [0.15, 0.2) is 52.5 Å². The summed E-state index contributed by atoms with van der Waals surface area (Å²) in [4.78, 5) is 38.6. The second-order valence-electron chi connectivity index (χ2n) is 6.40. The maximum Gasteiger partial charge on any atom is 0.335 e. The number of carbonyl (C=O) groups excluding carboxylic acids is 3. The van der Waals surface area contributed by atoms with Crippen LogP contribution in [0.25, 0.3) is 6.08 Å². The molecule has 0 saturated carbocycles. The van der Waals surface area contributed by atoms with Crippen molar-refractivity contribution in [3.63, 3.8) is 0 Å². The van der Waals surface area contributed by atoms with Crippen LogP contribution in [0.2, 0.25) is 0 Å². The first-order valence-corrected chi connectivity index (χ1v) is 10.3. The van der Waals surface area contributed by atoms with Gasteiger partial charge in [-0.2, -0.15) is 0 Å². The Kier molecular flexibility index (Phi) is 6.89. The van der Waals surface area contributed by atoms with Crippen molar-refractivity contribution in [1.82, 2.24) is 5.32 Å². The molecule has 4 amide bonds. The van der Waals surface area contributed by atoms with E-state index in [0.29, 0.717) is 40.4 Å². The van der Waals surface area contributed by atoms with E-state index in [1.165, 1.54) is 6.08 Å². The zero-order valence-electron chi connectivity index (χ0n) is 16.6. The maximum atomic E-state index is 13.0. The maximum absolute atomic E-state index is 13.0. The van der Waals surface area contributed by atoms with Crippen LogP contribution < -0.4 is 19.7 Å². The molecule has 1 aliphatic heterocycles. The van der Waals surface area contributed by atoms with Crippen molar-refractivity contribution in [3.8, 4) is 11.5 Å². The molecule has 8 heteroatoms. The Morgan fingerprint density at radius 1 is 1.03 bits per heavy atom. The minimum absolute atomic E-state index is 0.163. The van der Waals surface area contributed by atoms with Gasteiger partial charge >= 0.3 is 6.03 Å². The molecule has 2 aromatic rings. The summed E-state index contributed by atoms with van der Waals surface area (Å²) in [6.45, 7) is 4.81. The van der Waals surface area contributed by atoms with Gasteiger partial charge in [0.2, 0.25) is 0 Å². The third kappa shape index (κ3) is 4.54. The first kappa shape index (κ1) is 21.6. The van der Waals surface area contributed by atoms with Crippen LogP contribution in [-0.2, 0) is 9.59 Å². The van der Waals surface area contributed by atoms with Crippen molar-refractivity contribution in [2.24, 2.45) is 0 Å². The van der Waals surface area contributed by atoms with Crippen LogP contribution in [0, 0.1) is 0 Å². The van der Waals surface area contributed by atoms with E-state index in [9.17, 15) is 14.4 Å². The Bertz CT molecular complexity index is 1000. The lowest BCUT2D eigenvalue weighted by Gasteiger charge is -2.26. The van der Waals surface area contributed by atoms with Crippen molar-refractivity contribution in [2.45, 2.75) is 20.3 Å². The SMILES string of the molecule is CCCOc1cc(Br)c(C=C2C(=O)NC(=O)N(c3ccccc3)C2=O)cc1OCC. The third-order valence-electron chi connectivity index (χ3n) is 4.24. The van der Waals surface area contributed by atoms with Gasteiger partial charge in [-0.15, -0.1) is 0 Å². The molecule has 0 radical (unpaired) electrons. The fourth-order valence-corrected chi connectivity index (χ4v) is 3.32. The zero-order valence-corrected chi connectivity index (χ0v) is 18.2. The average Bonchev–Trinajstić information content (AvgIpc) is 2.72. The molecule has 7 nitrogen and oxygen atoms in total. The van der Waals surface area contributed by atoms with Gasteiger partial charge in [0, 0.05) is 4.47 Å². The van der Waals surface area contributed by atoms with Crippen LogP contribution in [0.5, 0.6) is 11.5 Å². The van der Waals surface area contributed by atoms with Gasteiger partial charge in [-0.25, -0.2) is 9.69 Å². The molecule has 1 fully saturated rings. The second kappa shape index (κ2) is 9.58. The summed E-state index contributed by atoms with van der Waals surface area (Å²) < 4.78 is 12.0. The molecule has 0 spiro atoms. The van der Waals surface area contributed by atoms with Gasteiger partial charge in [-0.1, -0.05) is 41.1 Å². The average molecular weight is 473 g/mol. The van der Waals surface area contributed by atoms with E-state index in [4.69, 9.17) is 9.47 Å². The number of barbiturate groups is 1. The number of para-hydroxylation sites is 1. The number of imide groups is 2. The first-order valence-electron chi connectivity index (χ1n) is 9.51. The van der Waals surface area contributed by atoms with Gasteiger partial charge in [0.1, 0.15) is 5.57 Å². The normalized spacial score (nSPS) is 15.4. The summed E-state index contributed by atoms with van der Waals surface area (Å²) in [6.07, 6.45) is 2.27. The Labute approximate surface area is 182 Å². The van der Waals surface area contributed by atoms with E-state index in [1.54, 1.807) is 42.5 Å². The number of benzene rings is 2. The van der Waals surface area contributed by atoms with Crippen LogP contribution in [-0.4, -0.2) is 31.1 Å². The fraction of sp³-hybridized carbons (Fsp3) is 0.227. The summed E-state index contributed by atoms with van der Waals surface area (Å²) in [6, 6.07) is 11.1. The van der Waals surface area contributed by atoms with E-state index < -0.39 is 17.8 Å². The van der Waals surface area contributed by atoms with Crippen LogP contribution >= 0.6 is 15.9 Å². The molecule has 1 aliphatic rings. The van der Waals surface area contributed by atoms with Gasteiger partial charge in [-0.3, -0.25) is 14.9 Å². The number of amides is 4. The predicted octanol–water partition coefficient (Wildman–Crippen LogP) is 4.30. The van der Waals surface area contributed by atoms with Gasteiger partial charge in [-0.05, 0) is 49.2 Å². The van der Waals surface area contributed by atoms with E-state index in [1.807, 2.05) is 13.8 Å². The lowest BCUT2D eigenvalue weighted by Crippen LogP contribution is -2.54. The molecule has 0 aromatic heterocycles. The topological polar surface area (TPSA) is 84.9 Å². The molecule has 1 N–H and O–H groups in total. The van der Waals surface area contributed by atoms with Crippen molar-refractivity contribution in [2.75, 3.05) is 18.1 Å².